The first-order chi connectivity index (χ1) is 8.19. The average molecular weight is 287 g/mol. The van der Waals surface area contributed by atoms with Gasteiger partial charge < -0.3 is 9.31 Å². The van der Waals surface area contributed by atoms with Crippen molar-refractivity contribution < 1.29 is 9.31 Å². The molecule has 1 saturated heterocycles. The fourth-order valence-electron chi connectivity index (χ4n) is 1.97. The monoisotopic (exact) mass is 286 g/mol. The predicted molar refractivity (Wildman–Crippen MR) is 76.2 cm³/mol. The first kappa shape index (κ1) is 14.2. The van der Waals surface area contributed by atoms with Gasteiger partial charge in [-0.1, -0.05) is 23.2 Å². The molecular formula is C13H17BCl2O2. The Morgan fingerprint density at radius 2 is 1.39 bits per heavy atom. The molecule has 0 aliphatic carbocycles. The van der Waals surface area contributed by atoms with Gasteiger partial charge in [-0.25, -0.2) is 0 Å². The van der Waals surface area contributed by atoms with E-state index in [0.717, 1.165) is 5.56 Å². The minimum Gasteiger partial charge on any atom is -0.403 e. The van der Waals surface area contributed by atoms with Crippen LogP contribution in [0.25, 0.3) is 0 Å². The van der Waals surface area contributed by atoms with Crippen LogP contribution in [-0.2, 0) is 15.6 Å². The van der Waals surface area contributed by atoms with Gasteiger partial charge in [-0.3, -0.25) is 0 Å². The van der Waals surface area contributed by atoms with Crippen molar-refractivity contribution in [1.29, 1.82) is 0 Å². The zero-order valence-electron chi connectivity index (χ0n) is 11.1. The lowest BCUT2D eigenvalue weighted by Crippen LogP contribution is -2.41. The van der Waals surface area contributed by atoms with Crippen LogP contribution in [0.2, 0.25) is 10.0 Å². The second kappa shape index (κ2) is 4.71. The lowest BCUT2D eigenvalue weighted by atomic mass is 9.81. The summed E-state index contributed by atoms with van der Waals surface area (Å²) in [6.07, 6.45) is 0.646. The highest BCUT2D eigenvalue weighted by molar-refractivity contribution is 6.45. The van der Waals surface area contributed by atoms with Crippen LogP contribution in [0.4, 0.5) is 0 Å². The van der Waals surface area contributed by atoms with E-state index in [1.165, 1.54) is 0 Å². The highest BCUT2D eigenvalue weighted by Crippen LogP contribution is 2.37. The molecule has 0 saturated carbocycles. The van der Waals surface area contributed by atoms with Crippen LogP contribution in [0.5, 0.6) is 0 Å². The van der Waals surface area contributed by atoms with E-state index >= 15 is 0 Å². The van der Waals surface area contributed by atoms with E-state index in [1.54, 1.807) is 6.07 Å². The Bertz CT molecular complexity index is 424. The van der Waals surface area contributed by atoms with Crippen LogP contribution in [0.15, 0.2) is 18.2 Å². The summed E-state index contributed by atoms with van der Waals surface area (Å²) in [5.41, 5.74) is 0.408. The maximum atomic E-state index is 5.98. The minimum absolute atomic E-state index is 0.260. The molecule has 1 fully saturated rings. The summed E-state index contributed by atoms with van der Waals surface area (Å²) >= 11 is 12.0. The molecule has 5 heteroatoms. The Hall–Kier alpha value is -0.215. The lowest BCUT2D eigenvalue weighted by molar-refractivity contribution is 0.00578. The molecule has 1 aromatic carbocycles. The van der Waals surface area contributed by atoms with Crippen LogP contribution in [0.3, 0.4) is 0 Å². The quantitative estimate of drug-likeness (QED) is 0.760. The van der Waals surface area contributed by atoms with Crippen LogP contribution in [-0.4, -0.2) is 18.3 Å². The summed E-state index contributed by atoms with van der Waals surface area (Å²) < 4.78 is 11.9. The number of halogens is 2. The zero-order chi connectivity index (χ0) is 13.6. The number of rotatable bonds is 2. The zero-order valence-corrected chi connectivity index (χ0v) is 12.6. The second-order valence-corrected chi connectivity index (χ2v) is 6.54. The Morgan fingerprint density at radius 1 is 0.944 bits per heavy atom. The fourth-order valence-corrected chi connectivity index (χ4v) is 2.54. The Kier molecular flexibility index (Phi) is 3.72. The van der Waals surface area contributed by atoms with E-state index in [4.69, 9.17) is 32.5 Å². The first-order valence-electron chi connectivity index (χ1n) is 6.00. The van der Waals surface area contributed by atoms with Gasteiger partial charge >= 0.3 is 7.12 Å². The molecule has 2 rings (SSSR count). The summed E-state index contributed by atoms with van der Waals surface area (Å²) in [5.74, 6) is 0. The van der Waals surface area contributed by atoms with Gasteiger partial charge in [0, 0.05) is 16.4 Å². The van der Waals surface area contributed by atoms with Gasteiger partial charge in [0.05, 0.1) is 11.2 Å². The van der Waals surface area contributed by atoms with Gasteiger partial charge in [-0.15, -0.1) is 0 Å². The molecule has 1 aliphatic rings. The van der Waals surface area contributed by atoms with Crippen molar-refractivity contribution in [2.24, 2.45) is 0 Å². The largest absolute Gasteiger partial charge is 0.462 e. The molecule has 1 heterocycles. The molecule has 0 atom stereocenters. The minimum atomic E-state index is -0.306. The van der Waals surface area contributed by atoms with E-state index < -0.39 is 0 Å². The third kappa shape index (κ3) is 2.85. The fraction of sp³-hybridized carbons (Fsp3) is 0.538. The van der Waals surface area contributed by atoms with E-state index in [2.05, 4.69) is 0 Å². The van der Waals surface area contributed by atoms with Crippen molar-refractivity contribution in [2.45, 2.75) is 45.2 Å². The highest BCUT2D eigenvalue weighted by atomic mass is 35.5. The Labute approximate surface area is 119 Å². The van der Waals surface area contributed by atoms with Gasteiger partial charge in [0.15, 0.2) is 0 Å². The van der Waals surface area contributed by atoms with E-state index in [-0.39, 0.29) is 18.3 Å². The van der Waals surface area contributed by atoms with Crippen LogP contribution in [0, 0.1) is 0 Å². The van der Waals surface area contributed by atoms with Gasteiger partial charge in [-0.05, 0) is 51.5 Å². The molecule has 2 nitrogen and oxygen atoms in total. The molecule has 0 spiro atoms. The van der Waals surface area contributed by atoms with Gasteiger partial charge in [-0.2, -0.15) is 0 Å². The SMILES string of the molecule is CC1(C)OB(Cc2cc(Cl)cc(Cl)c2)OC1(C)C. The standard InChI is InChI=1S/C13H17BCl2O2/c1-12(2)13(3,4)18-14(17-12)8-9-5-10(15)7-11(16)6-9/h5-7H,8H2,1-4H3. The van der Waals surface area contributed by atoms with Gasteiger partial charge in [0.1, 0.15) is 0 Å². The van der Waals surface area contributed by atoms with Crippen molar-refractivity contribution in [2.75, 3.05) is 0 Å². The van der Waals surface area contributed by atoms with Crippen LogP contribution >= 0.6 is 23.2 Å². The molecule has 0 aromatic heterocycles. The normalized spacial score (nSPS) is 21.3. The average Bonchev–Trinajstić information content (AvgIpc) is 2.31. The van der Waals surface area contributed by atoms with Crippen molar-refractivity contribution in [3.8, 4) is 0 Å². The van der Waals surface area contributed by atoms with Crippen molar-refractivity contribution in [3.63, 3.8) is 0 Å². The predicted octanol–water partition coefficient (Wildman–Crippen LogP) is 4.17. The van der Waals surface area contributed by atoms with Crippen molar-refractivity contribution in [3.05, 3.63) is 33.8 Å². The molecule has 0 N–H and O–H groups in total. The summed E-state index contributed by atoms with van der Waals surface area (Å²) in [4.78, 5) is 0. The molecule has 0 radical (unpaired) electrons. The topological polar surface area (TPSA) is 18.5 Å². The maximum Gasteiger partial charge on any atom is 0.462 e. The molecule has 0 bridgehead atoms. The summed E-state index contributed by atoms with van der Waals surface area (Å²) in [6, 6.07) is 5.49. The molecule has 18 heavy (non-hydrogen) atoms. The summed E-state index contributed by atoms with van der Waals surface area (Å²) in [6.45, 7) is 8.16. The number of hydrogen-bond donors (Lipinski definition) is 0. The lowest BCUT2D eigenvalue weighted by Gasteiger charge is -2.32. The first-order valence-corrected chi connectivity index (χ1v) is 6.76. The molecule has 0 unspecified atom stereocenters. The van der Waals surface area contributed by atoms with Crippen molar-refractivity contribution >= 4 is 30.3 Å². The second-order valence-electron chi connectivity index (χ2n) is 5.67. The number of benzene rings is 1. The molecule has 1 aliphatic heterocycles. The van der Waals surface area contributed by atoms with Gasteiger partial charge in [0.2, 0.25) is 0 Å². The smallest absolute Gasteiger partial charge is 0.403 e. The Balaban J connectivity index is 2.12. The van der Waals surface area contributed by atoms with Crippen LogP contribution < -0.4 is 0 Å². The van der Waals surface area contributed by atoms with Crippen molar-refractivity contribution in [1.82, 2.24) is 0 Å². The number of hydrogen-bond acceptors (Lipinski definition) is 2. The summed E-state index contributed by atoms with van der Waals surface area (Å²) in [5, 5.41) is 1.27. The maximum absolute atomic E-state index is 5.98. The molecular weight excluding hydrogens is 270 g/mol. The van der Waals surface area contributed by atoms with Crippen LogP contribution in [0.1, 0.15) is 33.3 Å². The van der Waals surface area contributed by atoms with Gasteiger partial charge in [0.25, 0.3) is 0 Å². The highest BCUT2D eigenvalue weighted by Gasteiger charge is 2.50. The molecule has 98 valence electrons. The third-order valence-electron chi connectivity index (χ3n) is 3.63. The Morgan fingerprint density at radius 3 is 1.83 bits per heavy atom. The summed E-state index contributed by atoms with van der Waals surface area (Å²) in [7, 11) is -0.260. The molecule has 1 aromatic rings. The molecule has 0 amide bonds. The van der Waals surface area contributed by atoms with E-state index in [1.807, 2.05) is 39.8 Å². The third-order valence-corrected chi connectivity index (χ3v) is 4.06. The van der Waals surface area contributed by atoms with E-state index in [9.17, 15) is 0 Å². The van der Waals surface area contributed by atoms with E-state index in [0.29, 0.717) is 16.4 Å².